The Kier molecular flexibility index (Phi) is 8.91. The summed E-state index contributed by atoms with van der Waals surface area (Å²) in [4.78, 5) is 24.0. The molecule has 0 bridgehead atoms. The lowest BCUT2D eigenvalue weighted by molar-refractivity contribution is -0.120. The molecular weight excluding hydrogens is 388 g/mol. The molecule has 0 heterocycles. The normalized spacial score (nSPS) is 10.2. The third kappa shape index (κ3) is 8.61. The maximum absolute atomic E-state index is 12.2. The van der Waals surface area contributed by atoms with Gasteiger partial charge < -0.3 is 15.4 Å². The van der Waals surface area contributed by atoms with Gasteiger partial charge in [-0.05, 0) is 61.0 Å². The van der Waals surface area contributed by atoms with Gasteiger partial charge in [-0.25, -0.2) is 0 Å². The molecule has 0 saturated heterocycles. The first-order valence-corrected chi connectivity index (χ1v) is 9.78. The van der Waals surface area contributed by atoms with Crippen molar-refractivity contribution in [3.05, 3.63) is 60.2 Å². The fourth-order valence-electron chi connectivity index (χ4n) is 2.25. The number of hydrazine groups is 1. The van der Waals surface area contributed by atoms with E-state index >= 15 is 0 Å². The van der Waals surface area contributed by atoms with Gasteiger partial charge in [0, 0.05) is 12.1 Å². The lowest BCUT2D eigenvalue weighted by Gasteiger charge is -2.12. The largest absolute Gasteiger partial charge is 0.457 e. The van der Waals surface area contributed by atoms with E-state index in [1.165, 1.54) is 0 Å². The van der Waals surface area contributed by atoms with E-state index in [0.29, 0.717) is 28.1 Å². The molecule has 0 fully saturated rings. The molecule has 4 N–H and O–H groups in total. The zero-order valence-corrected chi connectivity index (χ0v) is 17.3. The highest BCUT2D eigenvalue weighted by molar-refractivity contribution is 7.80. The molecule has 0 aliphatic heterocycles. The highest BCUT2D eigenvalue weighted by Crippen LogP contribution is 2.21. The van der Waals surface area contributed by atoms with Gasteiger partial charge >= 0.3 is 0 Å². The summed E-state index contributed by atoms with van der Waals surface area (Å²) in [5, 5.41) is 5.88. The summed E-state index contributed by atoms with van der Waals surface area (Å²) in [5.74, 6) is 1.13. The number of nitrogens with one attached hydrogen (secondary N) is 4. The zero-order chi connectivity index (χ0) is 21.1. The molecule has 0 spiro atoms. The van der Waals surface area contributed by atoms with E-state index in [0.717, 1.165) is 13.0 Å². The summed E-state index contributed by atoms with van der Waals surface area (Å²) >= 11 is 5.06. The molecule has 29 heavy (non-hydrogen) atoms. The van der Waals surface area contributed by atoms with Crippen LogP contribution in [0, 0.1) is 5.92 Å². The average Bonchev–Trinajstić information content (AvgIpc) is 2.71. The van der Waals surface area contributed by atoms with Crippen molar-refractivity contribution in [2.45, 2.75) is 20.3 Å². The van der Waals surface area contributed by atoms with Crippen molar-refractivity contribution in [2.75, 3.05) is 13.1 Å². The first-order valence-electron chi connectivity index (χ1n) is 9.38. The minimum Gasteiger partial charge on any atom is -0.457 e. The first kappa shape index (κ1) is 22.2. The number of benzene rings is 2. The van der Waals surface area contributed by atoms with Crippen molar-refractivity contribution in [3.8, 4) is 11.5 Å². The Balaban J connectivity index is 1.70. The molecule has 8 heteroatoms. The van der Waals surface area contributed by atoms with Crippen molar-refractivity contribution < 1.29 is 14.3 Å². The number of para-hydroxylation sites is 1. The zero-order valence-electron chi connectivity index (χ0n) is 16.5. The SMILES string of the molecule is CC(C)CCNC(=S)NNC(=O)CNC(=O)c1ccc(Oc2ccccc2)cc1. The Bertz CT molecular complexity index is 810. The van der Waals surface area contributed by atoms with Gasteiger partial charge in [-0.3, -0.25) is 20.4 Å². The fourth-order valence-corrected chi connectivity index (χ4v) is 2.40. The highest BCUT2D eigenvalue weighted by atomic mass is 32.1. The Labute approximate surface area is 176 Å². The fraction of sp³-hybridized carbons (Fsp3) is 0.286. The van der Waals surface area contributed by atoms with Crippen LogP contribution in [0.15, 0.2) is 54.6 Å². The number of hydrogen-bond acceptors (Lipinski definition) is 4. The van der Waals surface area contributed by atoms with E-state index < -0.39 is 5.91 Å². The molecule has 2 aromatic carbocycles. The van der Waals surface area contributed by atoms with Gasteiger partial charge in [0.15, 0.2) is 5.11 Å². The second-order valence-electron chi connectivity index (χ2n) is 6.73. The summed E-state index contributed by atoms with van der Waals surface area (Å²) in [7, 11) is 0. The van der Waals surface area contributed by atoms with Crippen LogP contribution in [0.5, 0.6) is 11.5 Å². The predicted molar refractivity (Wildman–Crippen MR) is 117 cm³/mol. The second-order valence-corrected chi connectivity index (χ2v) is 7.14. The van der Waals surface area contributed by atoms with Crippen molar-refractivity contribution >= 4 is 29.1 Å². The summed E-state index contributed by atoms with van der Waals surface area (Å²) in [5.41, 5.74) is 5.47. The van der Waals surface area contributed by atoms with E-state index in [2.05, 4.69) is 35.3 Å². The van der Waals surface area contributed by atoms with Crippen LogP contribution in [-0.2, 0) is 4.79 Å². The van der Waals surface area contributed by atoms with Crippen molar-refractivity contribution in [1.29, 1.82) is 0 Å². The number of carbonyl (C=O) groups excluding carboxylic acids is 2. The maximum Gasteiger partial charge on any atom is 0.257 e. The van der Waals surface area contributed by atoms with Crippen LogP contribution in [0.2, 0.25) is 0 Å². The van der Waals surface area contributed by atoms with Crippen LogP contribution < -0.4 is 26.2 Å². The van der Waals surface area contributed by atoms with Crippen LogP contribution in [-0.4, -0.2) is 30.0 Å². The van der Waals surface area contributed by atoms with Gasteiger partial charge in [-0.2, -0.15) is 0 Å². The van der Waals surface area contributed by atoms with Crippen molar-refractivity contribution in [1.82, 2.24) is 21.5 Å². The predicted octanol–water partition coefficient (Wildman–Crippen LogP) is 2.75. The average molecular weight is 415 g/mol. The van der Waals surface area contributed by atoms with Crippen LogP contribution >= 0.6 is 12.2 Å². The molecule has 2 aromatic rings. The Morgan fingerprint density at radius 2 is 1.59 bits per heavy atom. The van der Waals surface area contributed by atoms with Crippen molar-refractivity contribution in [3.63, 3.8) is 0 Å². The number of hydrogen-bond donors (Lipinski definition) is 4. The second kappa shape index (κ2) is 11.7. The molecule has 0 aliphatic carbocycles. The monoisotopic (exact) mass is 414 g/mol. The van der Waals surface area contributed by atoms with E-state index in [4.69, 9.17) is 17.0 Å². The van der Waals surface area contributed by atoms with Crippen LogP contribution in [0.4, 0.5) is 0 Å². The molecule has 154 valence electrons. The van der Waals surface area contributed by atoms with Gasteiger partial charge in [-0.15, -0.1) is 0 Å². The summed E-state index contributed by atoms with van der Waals surface area (Å²) in [6.45, 7) is 4.78. The number of ether oxygens (including phenoxy) is 1. The van der Waals surface area contributed by atoms with Crippen LogP contribution in [0.25, 0.3) is 0 Å². The molecule has 0 saturated carbocycles. The smallest absolute Gasteiger partial charge is 0.257 e. The summed E-state index contributed by atoms with van der Waals surface area (Å²) in [6, 6.07) is 16.0. The molecule has 0 aromatic heterocycles. The Morgan fingerprint density at radius 1 is 0.931 bits per heavy atom. The molecule has 0 radical (unpaired) electrons. The standard InChI is InChI=1S/C21H26N4O3S/c1-15(2)12-13-22-21(29)25-24-19(26)14-23-20(27)16-8-10-18(11-9-16)28-17-6-4-3-5-7-17/h3-11,15H,12-14H2,1-2H3,(H,23,27)(H,24,26)(H2,22,25,29). The van der Waals surface area contributed by atoms with E-state index in [9.17, 15) is 9.59 Å². The summed E-state index contributed by atoms with van der Waals surface area (Å²) in [6.07, 6.45) is 0.973. The first-order chi connectivity index (χ1) is 13.9. The van der Waals surface area contributed by atoms with E-state index in [1.54, 1.807) is 24.3 Å². The molecular formula is C21H26N4O3S. The third-order valence-electron chi connectivity index (χ3n) is 3.83. The molecule has 2 amide bonds. The lowest BCUT2D eigenvalue weighted by Crippen LogP contribution is -2.49. The van der Waals surface area contributed by atoms with Crippen LogP contribution in [0.3, 0.4) is 0 Å². The van der Waals surface area contributed by atoms with Gasteiger partial charge in [0.1, 0.15) is 11.5 Å². The van der Waals surface area contributed by atoms with Gasteiger partial charge in [0.05, 0.1) is 6.54 Å². The quantitative estimate of drug-likeness (QED) is 0.392. The number of amides is 2. The Morgan fingerprint density at radius 3 is 2.24 bits per heavy atom. The highest BCUT2D eigenvalue weighted by Gasteiger charge is 2.09. The molecule has 0 atom stereocenters. The molecule has 0 unspecified atom stereocenters. The van der Waals surface area contributed by atoms with Gasteiger partial charge in [0.25, 0.3) is 11.8 Å². The lowest BCUT2D eigenvalue weighted by atomic mass is 10.1. The van der Waals surface area contributed by atoms with Gasteiger partial charge in [0.2, 0.25) is 0 Å². The van der Waals surface area contributed by atoms with Gasteiger partial charge in [-0.1, -0.05) is 32.0 Å². The number of thiocarbonyl (C=S) groups is 1. The number of carbonyl (C=O) groups is 2. The third-order valence-corrected chi connectivity index (χ3v) is 4.07. The van der Waals surface area contributed by atoms with E-state index in [-0.39, 0.29) is 12.5 Å². The molecule has 7 nitrogen and oxygen atoms in total. The molecule has 0 aliphatic rings. The number of rotatable bonds is 8. The Hall–Kier alpha value is -3.13. The topological polar surface area (TPSA) is 91.5 Å². The van der Waals surface area contributed by atoms with E-state index in [1.807, 2.05) is 30.3 Å². The minimum absolute atomic E-state index is 0.178. The molecule has 2 rings (SSSR count). The maximum atomic E-state index is 12.2. The minimum atomic E-state index is -0.407. The summed E-state index contributed by atoms with van der Waals surface area (Å²) < 4.78 is 5.68. The van der Waals surface area contributed by atoms with Crippen LogP contribution in [0.1, 0.15) is 30.6 Å². The van der Waals surface area contributed by atoms with Crippen molar-refractivity contribution in [2.24, 2.45) is 5.92 Å².